The number of rotatable bonds is 10. The molecule has 0 aromatic heterocycles. The largest absolute Gasteiger partial charge is 0.481 e. The maximum atomic E-state index is 10.2. The second-order valence-corrected chi connectivity index (χ2v) is 3.97. The number of halogens is 1. The molecule has 3 nitrogen and oxygen atoms in total. The monoisotopic (exact) mass is 253 g/mol. The fraction of sp³-hybridized carbons (Fsp3) is 0.917. The van der Waals surface area contributed by atoms with Gasteiger partial charge in [-0.25, -0.2) is 0 Å². The van der Waals surface area contributed by atoms with E-state index in [1.54, 1.807) is 0 Å². The van der Waals surface area contributed by atoms with Crippen molar-refractivity contribution in [3.63, 3.8) is 0 Å². The van der Waals surface area contributed by atoms with Crippen LogP contribution in [0.1, 0.15) is 71.1 Å². The molecule has 0 aliphatic carbocycles. The first-order valence-electron chi connectivity index (χ1n) is 5.99. The zero-order valence-corrected chi connectivity index (χ0v) is 11.4. The van der Waals surface area contributed by atoms with Crippen LogP contribution in [0.25, 0.3) is 0 Å². The van der Waals surface area contributed by atoms with Gasteiger partial charge in [-0.3, -0.25) is 4.79 Å². The second kappa shape index (κ2) is 17.1. The molecule has 0 aromatic carbocycles. The Bertz CT molecular complexity index is 143. The molecule has 100 valence electrons. The molecule has 0 unspecified atom stereocenters. The van der Waals surface area contributed by atoms with Crippen molar-refractivity contribution in [1.82, 2.24) is 6.15 Å². The van der Waals surface area contributed by atoms with E-state index in [1.165, 1.54) is 44.9 Å². The fourth-order valence-corrected chi connectivity index (χ4v) is 1.59. The van der Waals surface area contributed by atoms with E-state index < -0.39 is 5.97 Å². The highest BCUT2D eigenvalue weighted by Crippen LogP contribution is 2.10. The van der Waals surface area contributed by atoms with E-state index in [0.29, 0.717) is 6.42 Å². The van der Waals surface area contributed by atoms with E-state index in [1.807, 2.05) is 0 Å². The molecule has 0 saturated carbocycles. The summed E-state index contributed by atoms with van der Waals surface area (Å²) in [6.07, 6.45) is 11.5. The molecule has 0 rings (SSSR count). The van der Waals surface area contributed by atoms with Crippen LogP contribution in [-0.2, 0) is 4.79 Å². The van der Waals surface area contributed by atoms with Crippen molar-refractivity contribution in [2.24, 2.45) is 0 Å². The molecule has 4 N–H and O–H groups in total. The highest BCUT2D eigenvalue weighted by Gasteiger charge is 1.96. The second-order valence-electron chi connectivity index (χ2n) is 3.97. The molecule has 0 saturated heterocycles. The summed E-state index contributed by atoms with van der Waals surface area (Å²) in [4.78, 5) is 10.2. The molecule has 0 aromatic rings. The predicted octanol–water partition coefficient (Wildman–Crippen LogP) is 4.58. The van der Waals surface area contributed by atoms with Crippen molar-refractivity contribution >= 4 is 18.4 Å². The van der Waals surface area contributed by atoms with Gasteiger partial charge in [-0.15, -0.1) is 12.4 Å². The first-order chi connectivity index (χ1) is 6.77. The van der Waals surface area contributed by atoms with Gasteiger partial charge < -0.3 is 11.3 Å². The van der Waals surface area contributed by atoms with Gasteiger partial charge in [0.15, 0.2) is 0 Å². The van der Waals surface area contributed by atoms with Gasteiger partial charge in [-0.05, 0) is 6.42 Å². The Labute approximate surface area is 106 Å². The first-order valence-corrected chi connectivity index (χ1v) is 5.99. The quantitative estimate of drug-likeness (QED) is 0.560. The van der Waals surface area contributed by atoms with E-state index in [4.69, 9.17) is 5.11 Å². The number of carboxylic acid groups (broad SMARTS) is 1. The molecule has 0 fully saturated rings. The molecule has 0 aliphatic heterocycles. The third-order valence-corrected chi connectivity index (χ3v) is 2.49. The standard InChI is InChI=1S/C12H24O2.ClH.H3N/c1-2-3-4-5-6-7-8-9-10-11-12(13)14;;/h2-11H2,1H3,(H,13,14);1H;1H3. The summed E-state index contributed by atoms with van der Waals surface area (Å²) in [7, 11) is 0. The maximum absolute atomic E-state index is 10.2. The van der Waals surface area contributed by atoms with Crippen molar-refractivity contribution in [3.8, 4) is 0 Å². The summed E-state index contributed by atoms with van der Waals surface area (Å²) >= 11 is 0. The SMILES string of the molecule is CCCCCCCCCCCC(=O)O.Cl.N. The molecule has 0 heterocycles. The number of unbranched alkanes of at least 4 members (excludes halogenated alkanes) is 8. The van der Waals surface area contributed by atoms with Crippen LogP contribution < -0.4 is 6.15 Å². The minimum Gasteiger partial charge on any atom is -0.481 e. The smallest absolute Gasteiger partial charge is 0.303 e. The average Bonchev–Trinajstić information content (AvgIpc) is 2.15. The molecular weight excluding hydrogens is 226 g/mol. The Hall–Kier alpha value is -0.280. The number of hydrogen-bond acceptors (Lipinski definition) is 2. The van der Waals surface area contributed by atoms with Crippen LogP contribution in [0.4, 0.5) is 0 Å². The third-order valence-electron chi connectivity index (χ3n) is 2.49. The summed E-state index contributed by atoms with van der Waals surface area (Å²) in [5.41, 5.74) is 0. The van der Waals surface area contributed by atoms with Gasteiger partial charge in [0, 0.05) is 6.42 Å². The van der Waals surface area contributed by atoms with Crippen LogP contribution in [-0.4, -0.2) is 11.1 Å². The summed E-state index contributed by atoms with van der Waals surface area (Å²) in [5, 5.41) is 8.41. The van der Waals surface area contributed by atoms with Gasteiger partial charge in [0.05, 0.1) is 0 Å². The van der Waals surface area contributed by atoms with Crippen molar-refractivity contribution in [2.45, 2.75) is 71.1 Å². The summed E-state index contributed by atoms with van der Waals surface area (Å²) in [6.45, 7) is 2.23. The molecule has 0 amide bonds. The topological polar surface area (TPSA) is 72.3 Å². The first kappa shape index (κ1) is 21.1. The van der Waals surface area contributed by atoms with Crippen LogP contribution >= 0.6 is 12.4 Å². The highest BCUT2D eigenvalue weighted by atomic mass is 35.5. The number of aliphatic carboxylic acids is 1. The van der Waals surface area contributed by atoms with Crippen molar-refractivity contribution in [2.75, 3.05) is 0 Å². The summed E-state index contributed by atoms with van der Waals surface area (Å²) in [5.74, 6) is -0.659. The van der Waals surface area contributed by atoms with E-state index in [0.717, 1.165) is 12.8 Å². The van der Waals surface area contributed by atoms with Crippen LogP contribution in [0.3, 0.4) is 0 Å². The number of hydrogen-bond donors (Lipinski definition) is 2. The Kier molecular flexibility index (Phi) is 22.5. The van der Waals surface area contributed by atoms with Gasteiger partial charge in [-0.1, -0.05) is 58.3 Å². The molecule has 0 radical (unpaired) electrons. The zero-order valence-electron chi connectivity index (χ0n) is 10.5. The minimum absolute atomic E-state index is 0. The molecule has 16 heavy (non-hydrogen) atoms. The lowest BCUT2D eigenvalue weighted by molar-refractivity contribution is -0.137. The van der Waals surface area contributed by atoms with Crippen molar-refractivity contribution in [1.29, 1.82) is 0 Å². The molecule has 0 aliphatic rings. The Balaban J connectivity index is -0.000000845. The van der Waals surface area contributed by atoms with Crippen molar-refractivity contribution < 1.29 is 9.90 Å². The van der Waals surface area contributed by atoms with Gasteiger partial charge in [0.2, 0.25) is 0 Å². The molecule has 4 heteroatoms. The summed E-state index contributed by atoms with van der Waals surface area (Å²) in [6, 6.07) is 0. The van der Waals surface area contributed by atoms with E-state index in [2.05, 4.69) is 6.92 Å². The zero-order chi connectivity index (χ0) is 10.6. The van der Waals surface area contributed by atoms with Crippen LogP contribution in [0.2, 0.25) is 0 Å². The Morgan fingerprint density at radius 1 is 0.875 bits per heavy atom. The lowest BCUT2D eigenvalue weighted by Crippen LogP contribution is -1.93. The minimum atomic E-state index is -0.659. The summed E-state index contributed by atoms with van der Waals surface area (Å²) < 4.78 is 0. The van der Waals surface area contributed by atoms with Gasteiger partial charge in [0.25, 0.3) is 0 Å². The normalized spacial score (nSPS) is 9.06. The van der Waals surface area contributed by atoms with Crippen LogP contribution in [0, 0.1) is 0 Å². The molecule has 0 atom stereocenters. The third kappa shape index (κ3) is 19.3. The predicted molar refractivity (Wildman–Crippen MR) is 71.7 cm³/mol. The van der Waals surface area contributed by atoms with E-state index in [-0.39, 0.29) is 18.6 Å². The lowest BCUT2D eigenvalue weighted by atomic mass is 10.1. The average molecular weight is 254 g/mol. The highest BCUT2D eigenvalue weighted by molar-refractivity contribution is 5.85. The fourth-order valence-electron chi connectivity index (χ4n) is 1.59. The van der Waals surface area contributed by atoms with Gasteiger partial charge in [-0.2, -0.15) is 0 Å². The lowest BCUT2D eigenvalue weighted by Gasteiger charge is -2.00. The number of carboxylic acids is 1. The molecule has 0 spiro atoms. The maximum Gasteiger partial charge on any atom is 0.303 e. The van der Waals surface area contributed by atoms with Crippen molar-refractivity contribution in [3.05, 3.63) is 0 Å². The molecule has 0 bridgehead atoms. The Morgan fingerprint density at radius 3 is 1.62 bits per heavy atom. The van der Waals surface area contributed by atoms with E-state index in [9.17, 15) is 4.79 Å². The molecular formula is C12H28ClNO2. The van der Waals surface area contributed by atoms with Gasteiger partial charge >= 0.3 is 5.97 Å². The number of carbonyl (C=O) groups is 1. The Morgan fingerprint density at radius 2 is 1.25 bits per heavy atom. The van der Waals surface area contributed by atoms with Gasteiger partial charge in [0.1, 0.15) is 0 Å². The van der Waals surface area contributed by atoms with Crippen LogP contribution in [0.15, 0.2) is 0 Å². The van der Waals surface area contributed by atoms with Crippen LogP contribution in [0.5, 0.6) is 0 Å². The van der Waals surface area contributed by atoms with E-state index >= 15 is 0 Å².